The maximum absolute atomic E-state index is 13.2. The molecule has 0 radical (unpaired) electrons. The average Bonchev–Trinajstić information content (AvgIpc) is 2.74. The molecule has 0 unspecified atom stereocenters. The van der Waals surface area contributed by atoms with Crippen molar-refractivity contribution in [2.24, 2.45) is 0 Å². The lowest BCUT2D eigenvalue weighted by Gasteiger charge is -2.12. The molecule has 0 fully saturated rings. The number of aromatic hydroxyl groups is 1. The molecule has 1 N–H and O–H groups in total. The van der Waals surface area contributed by atoms with Crippen LogP contribution in [0, 0.1) is 6.92 Å². The number of phenols is 1. The zero-order valence-corrected chi connectivity index (χ0v) is 16.2. The number of phenolic OH excluding ortho intramolecular Hbond substituents is 1. The van der Waals surface area contributed by atoms with E-state index in [0.717, 1.165) is 11.3 Å². The van der Waals surface area contributed by atoms with Gasteiger partial charge in [0.2, 0.25) is 0 Å². The first-order valence-corrected chi connectivity index (χ1v) is 9.21. The molecule has 0 atom stereocenters. The van der Waals surface area contributed by atoms with Crippen molar-refractivity contribution in [2.75, 3.05) is 7.11 Å². The van der Waals surface area contributed by atoms with Gasteiger partial charge >= 0.3 is 0 Å². The van der Waals surface area contributed by atoms with Crippen LogP contribution < -0.4 is 10.3 Å². The van der Waals surface area contributed by atoms with Crippen LogP contribution in [0.25, 0.3) is 28.7 Å². The van der Waals surface area contributed by atoms with Gasteiger partial charge in [0.15, 0.2) is 0 Å². The van der Waals surface area contributed by atoms with Crippen LogP contribution in [0.2, 0.25) is 0 Å². The Bertz CT molecular complexity index is 1270. The summed E-state index contributed by atoms with van der Waals surface area (Å²) in [5, 5.41) is 10.7. The van der Waals surface area contributed by atoms with Gasteiger partial charge in [0.05, 0.1) is 23.7 Å². The number of benzene rings is 3. The maximum atomic E-state index is 13.2. The summed E-state index contributed by atoms with van der Waals surface area (Å²) in [6, 6.07) is 20.0. The number of hydrogen-bond acceptors (Lipinski definition) is 4. The van der Waals surface area contributed by atoms with Gasteiger partial charge in [0, 0.05) is 5.56 Å². The second-order valence-corrected chi connectivity index (χ2v) is 6.72. The third-order valence-electron chi connectivity index (χ3n) is 4.74. The van der Waals surface area contributed by atoms with Crippen molar-refractivity contribution in [3.63, 3.8) is 0 Å². The third-order valence-corrected chi connectivity index (χ3v) is 4.74. The number of aromatic nitrogens is 2. The average molecular weight is 384 g/mol. The number of nitrogens with zero attached hydrogens (tertiary/aromatic N) is 2. The van der Waals surface area contributed by atoms with Gasteiger partial charge in [-0.15, -0.1) is 0 Å². The second kappa shape index (κ2) is 7.64. The van der Waals surface area contributed by atoms with E-state index < -0.39 is 0 Å². The molecule has 4 aromatic rings. The Labute approximate surface area is 168 Å². The number of aryl methyl sites for hydroxylation is 1. The standard InChI is InChI=1S/C24H20N2O3/c1-16-7-10-18(11-8-16)26-23(25-21-6-4-3-5-20(21)24(26)28)14-9-17-15-19(29-2)12-13-22(17)27/h3-15,27H,1-2H3/b14-9+. The number of hydrogen-bond donors (Lipinski definition) is 1. The van der Waals surface area contributed by atoms with Gasteiger partial charge in [0.1, 0.15) is 17.3 Å². The molecule has 0 aliphatic carbocycles. The fourth-order valence-electron chi connectivity index (χ4n) is 3.16. The third kappa shape index (κ3) is 3.62. The highest BCUT2D eigenvalue weighted by Crippen LogP contribution is 2.25. The summed E-state index contributed by atoms with van der Waals surface area (Å²) in [5.41, 5.74) is 2.88. The minimum absolute atomic E-state index is 0.118. The monoisotopic (exact) mass is 384 g/mol. The van der Waals surface area contributed by atoms with Crippen molar-refractivity contribution in [1.82, 2.24) is 9.55 Å². The number of fused-ring (bicyclic) bond motifs is 1. The maximum Gasteiger partial charge on any atom is 0.266 e. The Kier molecular flexibility index (Phi) is 4.87. The summed E-state index contributed by atoms with van der Waals surface area (Å²) >= 11 is 0. The van der Waals surface area contributed by atoms with Crippen molar-refractivity contribution in [1.29, 1.82) is 0 Å². The van der Waals surface area contributed by atoms with Gasteiger partial charge in [-0.05, 0) is 61.5 Å². The van der Waals surface area contributed by atoms with Crippen LogP contribution in [0.4, 0.5) is 0 Å². The lowest BCUT2D eigenvalue weighted by Crippen LogP contribution is -2.22. The molecule has 0 saturated heterocycles. The van der Waals surface area contributed by atoms with Crippen molar-refractivity contribution in [3.8, 4) is 17.2 Å². The topological polar surface area (TPSA) is 64.3 Å². The highest BCUT2D eigenvalue weighted by atomic mass is 16.5. The molecule has 5 nitrogen and oxygen atoms in total. The van der Waals surface area contributed by atoms with E-state index in [4.69, 9.17) is 4.74 Å². The van der Waals surface area contributed by atoms with Crippen LogP contribution in [-0.2, 0) is 0 Å². The summed E-state index contributed by atoms with van der Waals surface area (Å²) in [7, 11) is 1.57. The Morgan fingerprint density at radius 2 is 1.76 bits per heavy atom. The van der Waals surface area contributed by atoms with Gasteiger partial charge in [-0.2, -0.15) is 0 Å². The molecular weight excluding hydrogens is 364 g/mol. The first-order valence-electron chi connectivity index (χ1n) is 9.21. The predicted octanol–water partition coefficient (Wildman–Crippen LogP) is 4.58. The van der Waals surface area contributed by atoms with Crippen molar-refractivity contribution < 1.29 is 9.84 Å². The van der Waals surface area contributed by atoms with E-state index in [1.54, 1.807) is 48.1 Å². The van der Waals surface area contributed by atoms with Gasteiger partial charge in [0.25, 0.3) is 5.56 Å². The highest BCUT2D eigenvalue weighted by molar-refractivity contribution is 5.80. The van der Waals surface area contributed by atoms with Crippen LogP contribution in [-0.4, -0.2) is 21.8 Å². The fourth-order valence-corrected chi connectivity index (χ4v) is 3.16. The number of rotatable bonds is 4. The molecule has 29 heavy (non-hydrogen) atoms. The van der Waals surface area contributed by atoms with Crippen LogP contribution in [0.1, 0.15) is 17.0 Å². The molecule has 0 bridgehead atoms. The van der Waals surface area contributed by atoms with Crippen molar-refractivity contribution in [3.05, 3.63) is 94.0 Å². The van der Waals surface area contributed by atoms with E-state index in [-0.39, 0.29) is 11.3 Å². The quantitative estimate of drug-likeness (QED) is 0.559. The van der Waals surface area contributed by atoms with Gasteiger partial charge < -0.3 is 9.84 Å². The van der Waals surface area contributed by atoms with E-state index in [0.29, 0.717) is 28.0 Å². The van der Waals surface area contributed by atoms with Gasteiger partial charge in [-0.25, -0.2) is 4.98 Å². The van der Waals surface area contributed by atoms with Gasteiger partial charge in [-0.3, -0.25) is 9.36 Å². The lowest BCUT2D eigenvalue weighted by molar-refractivity contribution is 0.412. The molecule has 0 saturated carbocycles. The van der Waals surface area contributed by atoms with Gasteiger partial charge in [-0.1, -0.05) is 29.8 Å². The molecule has 0 aliphatic heterocycles. The van der Waals surface area contributed by atoms with Crippen LogP contribution in [0.15, 0.2) is 71.5 Å². The minimum Gasteiger partial charge on any atom is -0.507 e. The molecule has 3 aromatic carbocycles. The normalized spacial score (nSPS) is 11.2. The minimum atomic E-state index is -0.144. The molecule has 0 aliphatic rings. The lowest BCUT2D eigenvalue weighted by atomic mass is 10.1. The number of ether oxygens (including phenoxy) is 1. The fraction of sp³-hybridized carbons (Fsp3) is 0.0833. The zero-order valence-electron chi connectivity index (χ0n) is 16.2. The largest absolute Gasteiger partial charge is 0.507 e. The smallest absolute Gasteiger partial charge is 0.266 e. The summed E-state index contributed by atoms with van der Waals surface area (Å²) in [6.07, 6.45) is 3.45. The first-order chi connectivity index (χ1) is 14.1. The molecule has 4 rings (SSSR count). The van der Waals surface area contributed by atoms with Crippen LogP contribution >= 0.6 is 0 Å². The van der Waals surface area contributed by atoms with E-state index in [9.17, 15) is 9.90 Å². The Balaban J connectivity index is 1.92. The summed E-state index contributed by atoms with van der Waals surface area (Å²) in [6.45, 7) is 2.00. The molecule has 144 valence electrons. The molecule has 5 heteroatoms. The zero-order chi connectivity index (χ0) is 20.4. The molecular formula is C24H20N2O3. The predicted molar refractivity (Wildman–Crippen MR) is 116 cm³/mol. The molecule has 1 heterocycles. The van der Waals surface area contributed by atoms with E-state index in [1.165, 1.54) is 0 Å². The molecule has 1 aromatic heterocycles. The molecule has 0 amide bonds. The summed E-state index contributed by atoms with van der Waals surface area (Å²) < 4.78 is 6.81. The second-order valence-electron chi connectivity index (χ2n) is 6.72. The summed E-state index contributed by atoms with van der Waals surface area (Å²) in [5.74, 6) is 1.22. The van der Waals surface area contributed by atoms with E-state index in [1.807, 2.05) is 49.4 Å². The van der Waals surface area contributed by atoms with E-state index >= 15 is 0 Å². The van der Waals surface area contributed by atoms with Crippen molar-refractivity contribution in [2.45, 2.75) is 6.92 Å². The Morgan fingerprint density at radius 1 is 1.00 bits per heavy atom. The number of methoxy groups -OCH3 is 1. The Morgan fingerprint density at radius 3 is 2.52 bits per heavy atom. The van der Waals surface area contributed by atoms with Crippen molar-refractivity contribution >= 4 is 23.1 Å². The van der Waals surface area contributed by atoms with E-state index in [2.05, 4.69) is 4.98 Å². The Hall–Kier alpha value is -3.86. The number of para-hydroxylation sites is 1. The summed E-state index contributed by atoms with van der Waals surface area (Å²) in [4.78, 5) is 17.9. The SMILES string of the molecule is COc1ccc(O)c(/C=C/c2nc3ccccc3c(=O)n2-c2ccc(C)cc2)c1. The molecule has 0 spiro atoms. The van der Waals surface area contributed by atoms with Crippen LogP contribution in [0.3, 0.4) is 0 Å². The first kappa shape index (κ1) is 18.5. The van der Waals surface area contributed by atoms with Crippen LogP contribution in [0.5, 0.6) is 11.5 Å². The highest BCUT2D eigenvalue weighted by Gasteiger charge is 2.11.